The van der Waals surface area contributed by atoms with Gasteiger partial charge in [0.15, 0.2) is 0 Å². The van der Waals surface area contributed by atoms with E-state index in [4.69, 9.17) is 5.11 Å². The van der Waals surface area contributed by atoms with Crippen molar-refractivity contribution < 1.29 is 23.1 Å². The van der Waals surface area contributed by atoms with Crippen LogP contribution in [-0.4, -0.2) is 41.3 Å². The van der Waals surface area contributed by atoms with Crippen LogP contribution in [0.15, 0.2) is 0 Å². The minimum absolute atomic E-state index is 0.232. The number of carboxylic acids is 1. The molecule has 1 fully saturated rings. The summed E-state index contributed by atoms with van der Waals surface area (Å²) in [6.07, 6.45) is -3.71. The van der Waals surface area contributed by atoms with E-state index in [0.29, 0.717) is 6.54 Å². The number of carbonyl (C=O) groups is 1. The Hall–Kier alpha value is -0.780. The summed E-state index contributed by atoms with van der Waals surface area (Å²) in [5.41, 5.74) is -0.477. The van der Waals surface area contributed by atoms with E-state index in [2.05, 4.69) is 0 Å². The topological polar surface area (TPSA) is 40.5 Å². The second-order valence-electron chi connectivity index (χ2n) is 5.23. The van der Waals surface area contributed by atoms with Gasteiger partial charge in [-0.05, 0) is 24.8 Å². The summed E-state index contributed by atoms with van der Waals surface area (Å²) < 4.78 is 36.5. The molecule has 0 bridgehead atoms. The first-order chi connectivity index (χ1) is 7.63. The molecule has 100 valence electrons. The summed E-state index contributed by atoms with van der Waals surface area (Å²) in [7, 11) is 0. The van der Waals surface area contributed by atoms with Crippen molar-refractivity contribution in [3.05, 3.63) is 0 Å². The minimum Gasteiger partial charge on any atom is -0.480 e. The van der Waals surface area contributed by atoms with E-state index in [0.717, 1.165) is 12.8 Å². The average Bonchev–Trinajstić information content (AvgIpc) is 2.11. The fourth-order valence-corrected chi connectivity index (χ4v) is 2.50. The van der Waals surface area contributed by atoms with Gasteiger partial charge in [0.1, 0.15) is 6.04 Å². The Labute approximate surface area is 98.6 Å². The van der Waals surface area contributed by atoms with Crippen LogP contribution < -0.4 is 0 Å². The van der Waals surface area contributed by atoms with E-state index in [9.17, 15) is 18.0 Å². The predicted octanol–water partition coefficient (Wildman–Crippen LogP) is 2.51. The van der Waals surface area contributed by atoms with Crippen molar-refractivity contribution in [3.63, 3.8) is 0 Å². The first kappa shape index (κ1) is 14.3. The molecule has 0 spiro atoms. The highest BCUT2D eigenvalue weighted by Crippen LogP contribution is 2.36. The molecule has 1 rings (SSSR count). The number of hydrogen-bond donors (Lipinski definition) is 1. The van der Waals surface area contributed by atoms with Crippen LogP contribution >= 0.6 is 0 Å². The molecular weight excluding hydrogens is 235 g/mol. The summed E-state index contributed by atoms with van der Waals surface area (Å²) in [6.45, 7) is 3.79. The number of piperidine rings is 1. The van der Waals surface area contributed by atoms with Crippen LogP contribution in [0.25, 0.3) is 0 Å². The van der Waals surface area contributed by atoms with Crippen molar-refractivity contribution in [2.45, 2.75) is 45.3 Å². The maximum atomic E-state index is 12.2. The zero-order valence-corrected chi connectivity index (χ0v) is 10.0. The van der Waals surface area contributed by atoms with Gasteiger partial charge in [-0.25, -0.2) is 0 Å². The molecule has 0 saturated carbocycles. The van der Waals surface area contributed by atoms with E-state index in [1.807, 2.05) is 0 Å². The standard InChI is InChI=1S/C11H18F3NO2/c1-10(2)4-3-6-15(8(10)9(16)17)7-5-11(12,13)14/h8H,3-7H2,1-2H3,(H,16,17). The summed E-state index contributed by atoms with van der Waals surface area (Å²) in [5, 5.41) is 9.15. The van der Waals surface area contributed by atoms with Gasteiger partial charge in [-0.15, -0.1) is 0 Å². The monoisotopic (exact) mass is 253 g/mol. The van der Waals surface area contributed by atoms with Crippen LogP contribution in [0.1, 0.15) is 33.1 Å². The first-order valence-electron chi connectivity index (χ1n) is 5.67. The Morgan fingerprint density at radius 3 is 2.53 bits per heavy atom. The lowest BCUT2D eigenvalue weighted by molar-refractivity contribution is -0.158. The molecule has 1 aliphatic heterocycles. The largest absolute Gasteiger partial charge is 0.480 e. The third-order valence-corrected chi connectivity index (χ3v) is 3.29. The van der Waals surface area contributed by atoms with Crippen LogP contribution in [-0.2, 0) is 4.79 Å². The van der Waals surface area contributed by atoms with Gasteiger partial charge in [0.25, 0.3) is 0 Å². The lowest BCUT2D eigenvalue weighted by Gasteiger charge is -2.44. The molecule has 0 aromatic carbocycles. The number of nitrogens with zero attached hydrogens (tertiary/aromatic N) is 1. The number of likely N-dealkylation sites (tertiary alicyclic amines) is 1. The molecule has 3 nitrogen and oxygen atoms in total. The molecule has 0 aromatic rings. The molecule has 0 aliphatic carbocycles. The van der Waals surface area contributed by atoms with Crippen molar-refractivity contribution in [2.24, 2.45) is 5.41 Å². The highest BCUT2D eigenvalue weighted by atomic mass is 19.4. The molecular formula is C11H18F3NO2. The summed E-state index contributed by atoms with van der Waals surface area (Å²) >= 11 is 0. The lowest BCUT2D eigenvalue weighted by atomic mass is 9.76. The van der Waals surface area contributed by atoms with Crippen molar-refractivity contribution >= 4 is 5.97 Å². The third kappa shape index (κ3) is 3.87. The van der Waals surface area contributed by atoms with Gasteiger partial charge in [-0.2, -0.15) is 13.2 Å². The smallest absolute Gasteiger partial charge is 0.390 e. The highest BCUT2D eigenvalue weighted by Gasteiger charge is 2.43. The molecule has 1 aliphatic rings. The highest BCUT2D eigenvalue weighted by molar-refractivity contribution is 5.74. The van der Waals surface area contributed by atoms with Crippen molar-refractivity contribution in [2.75, 3.05) is 13.1 Å². The van der Waals surface area contributed by atoms with Gasteiger partial charge < -0.3 is 5.11 Å². The number of carboxylic acid groups (broad SMARTS) is 1. The van der Waals surface area contributed by atoms with Crippen molar-refractivity contribution in [1.29, 1.82) is 0 Å². The number of halogens is 3. The van der Waals surface area contributed by atoms with E-state index >= 15 is 0 Å². The van der Waals surface area contributed by atoms with Crippen LogP contribution in [0, 0.1) is 5.41 Å². The lowest BCUT2D eigenvalue weighted by Crippen LogP contribution is -2.54. The van der Waals surface area contributed by atoms with Gasteiger partial charge in [-0.1, -0.05) is 13.8 Å². The van der Waals surface area contributed by atoms with Gasteiger partial charge in [0, 0.05) is 6.54 Å². The Balaban J connectivity index is 2.72. The first-order valence-corrected chi connectivity index (χ1v) is 5.67. The van der Waals surface area contributed by atoms with E-state index in [-0.39, 0.29) is 6.54 Å². The summed E-state index contributed by atoms with van der Waals surface area (Å²) in [5.74, 6) is -1.03. The molecule has 0 amide bonds. The summed E-state index contributed by atoms with van der Waals surface area (Å²) in [6, 6.07) is -0.821. The maximum Gasteiger partial charge on any atom is 0.390 e. The van der Waals surface area contributed by atoms with Crippen LogP contribution in [0.3, 0.4) is 0 Å². The Morgan fingerprint density at radius 2 is 2.06 bits per heavy atom. The predicted molar refractivity (Wildman–Crippen MR) is 56.7 cm³/mol. The summed E-state index contributed by atoms with van der Waals surface area (Å²) in [4.78, 5) is 12.6. The number of alkyl halides is 3. The Morgan fingerprint density at radius 1 is 1.47 bits per heavy atom. The molecule has 17 heavy (non-hydrogen) atoms. The molecule has 1 heterocycles. The third-order valence-electron chi connectivity index (χ3n) is 3.29. The SMILES string of the molecule is CC1(C)CCCN(CCC(F)(F)F)C1C(=O)O. The molecule has 0 aromatic heterocycles. The maximum absolute atomic E-state index is 12.2. The second-order valence-corrected chi connectivity index (χ2v) is 5.23. The van der Waals surface area contributed by atoms with E-state index < -0.39 is 30.0 Å². The molecule has 6 heteroatoms. The van der Waals surface area contributed by atoms with Crippen LogP contribution in [0.4, 0.5) is 13.2 Å². The van der Waals surface area contributed by atoms with Gasteiger partial charge in [0.05, 0.1) is 6.42 Å². The van der Waals surface area contributed by atoms with Gasteiger partial charge in [0.2, 0.25) is 0 Å². The second kappa shape index (κ2) is 4.84. The number of hydrogen-bond acceptors (Lipinski definition) is 2. The van der Waals surface area contributed by atoms with E-state index in [1.54, 1.807) is 13.8 Å². The zero-order chi connectivity index (χ0) is 13.3. The van der Waals surface area contributed by atoms with Crippen molar-refractivity contribution in [1.82, 2.24) is 4.90 Å². The molecule has 1 atom stereocenters. The minimum atomic E-state index is -4.23. The van der Waals surface area contributed by atoms with Gasteiger partial charge >= 0.3 is 12.1 Å². The van der Waals surface area contributed by atoms with Crippen LogP contribution in [0.5, 0.6) is 0 Å². The van der Waals surface area contributed by atoms with Gasteiger partial charge in [-0.3, -0.25) is 9.69 Å². The Bertz CT molecular complexity index is 289. The number of rotatable bonds is 3. The van der Waals surface area contributed by atoms with Crippen molar-refractivity contribution in [3.8, 4) is 0 Å². The average molecular weight is 253 g/mol. The molecule has 0 radical (unpaired) electrons. The van der Waals surface area contributed by atoms with Crippen LogP contribution in [0.2, 0.25) is 0 Å². The molecule has 1 N–H and O–H groups in total. The quantitative estimate of drug-likeness (QED) is 0.840. The molecule has 1 saturated heterocycles. The molecule has 1 unspecified atom stereocenters. The fraction of sp³-hybridized carbons (Fsp3) is 0.909. The normalized spacial score (nSPS) is 25.8. The van der Waals surface area contributed by atoms with E-state index in [1.165, 1.54) is 4.90 Å². The Kier molecular flexibility index (Phi) is 4.06. The fourth-order valence-electron chi connectivity index (χ4n) is 2.50. The zero-order valence-electron chi connectivity index (χ0n) is 10.0. The number of aliphatic carboxylic acids is 1.